The van der Waals surface area contributed by atoms with E-state index in [-0.39, 0.29) is 0 Å². The minimum atomic E-state index is -5.08. The number of aryl methyl sites for hydroxylation is 2. The van der Waals surface area contributed by atoms with E-state index in [0.29, 0.717) is 6.42 Å². The van der Waals surface area contributed by atoms with Gasteiger partial charge in [-0.3, -0.25) is 0 Å². The van der Waals surface area contributed by atoms with E-state index < -0.39 is 12.1 Å². The number of H-pyrrole nitrogens is 1. The van der Waals surface area contributed by atoms with Crippen molar-refractivity contribution < 1.29 is 23.1 Å². The number of aromatic amines is 1. The molecule has 136 valence electrons. The molecular formula is C16H14F3N5O2. The lowest BCUT2D eigenvalue weighted by Gasteiger charge is -2.02. The number of aliphatic carboxylic acids is 1. The molecule has 0 spiro atoms. The predicted molar refractivity (Wildman–Crippen MR) is 85.6 cm³/mol. The largest absolute Gasteiger partial charge is 0.490 e. The molecule has 3 rings (SSSR count). The number of fused-ring (bicyclic) bond motifs is 1. The number of pyridine rings is 1. The molecule has 3 aromatic heterocycles. The van der Waals surface area contributed by atoms with Crippen molar-refractivity contribution in [1.82, 2.24) is 19.7 Å². The zero-order valence-corrected chi connectivity index (χ0v) is 13.6. The molecule has 10 heteroatoms. The Morgan fingerprint density at radius 2 is 2.12 bits per heavy atom. The molecular weight excluding hydrogens is 351 g/mol. The van der Waals surface area contributed by atoms with Gasteiger partial charge in [0.25, 0.3) is 0 Å². The predicted octanol–water partition coefficient (Wildman–Crippen LogP) is 3.15. The number of nitriles is 1. The van der Waals surface area contributed by atoms with Crippen molar-refractivity contribution in [3.8, 4) is 11.8 Å². The van der Waals surface area contributed by atoms with Crippen molar-refractivity contribution in [2.45, 2.75) is 25.9 Å². The summed E-state index contributed by atoms with van der Waals surface area (Å²) in [6, 6.07) is 6.10. The average Bonchev–Trinajstić information content (AvgIpc) is 3.18. The molecule has 0 saturated heterocycles. The van der Waals surface area contributed by atoms with Crippen LogP contribution in [0.15, 0.2) is 30.7 Å². The molecule has 0 amide bonds. The normalized spacial score (nSPS) is 10.9. The number of hydrogen-bond donors (Lipinski definition) is 2. The number of carbonyl (C=O) groups is 1. The molecule has 0 unspecified atom stereocenters. The molecule has 0 aliphatic rings. The lowest BCUT2D eigenvalue weighted by Crippen LogP contribution is -2.21. The number of alkyl halides is 3. The maximum absolute atomic E-state index is 10.6. The first kappa shape index (κ1) is 19.0. The van der Waals surface area contributed by atoms with Gasteiger partial charge in [0.15, 0.2) is 0 Å². The number of rotatable bonds is 3. The number of carboxylic acid groups (broad SMARTS) is 1. The fourth-order valence-electron chi connectivity index (χ4n) is 2.20. The van der Waals surface area contributed by atoms with E-state index in [4.69, 9.17) is 15.2 Å². The zero-order valence-electron chi connectivity index (χ0n) is 13.6. The van der Waals surface area contributed by atoms with Gasteiger partial charge in [0, 0.05) is 30.4 Å². The Balaban J connectivity index is 0.000000298. The Bertz CT molecular complexity index is 953. The van der Waals surface area contributed by atoms with Crippen LogP contribution in [0.2, 0.25) is 0 Å². The van der Waals surface area contributed by atoms with Crippen molar-refractivity contribution >= 4 is 17.0 Å². The van der Waals surface area contributed by atoms with Crippen LogP contribution >= 0.6 is 0 Å². The van der Waals surface area contributed by atoms with Crippen LogP contribution < -0.4 is 0 Å². The fourth-order valence-corrected chi connectivity index (χ4v) is 2.20. The molecule has 0 bridgehead atoms. The van der Waals surface area contributed by atoms with Gasteiger partial charge >= 0.3 is 12.1 Å². The second-order valence-electron chi connectivity index (χ2n) is 5.22. The average molecular weight is 365 g/mol. The van der Waals surface area contributed by atoms with E-state index in [1.165, 1.54) is 0 Å². The van der Waals surface area contributed by atoms with Crippen molar-refractivity contribution in [3.63, 3.8) is 0 Å². The van der Waals surface area contributed by atoms with E-state index >= 15 is 0 Å². The lowest BCUT2D eigenvalue weighted by molar-refractivity contribution is -0.192. The molecule has 0 fully saturated rings. The third-order valence-electron chi connectivity index (χ3n) is 3.43. The summed E-state index contributed by atoms with van der Waals surface area (Å²) in [6.07, 6.45) is 1.80. The molecule has 2 N–H and O–H groups in total. The number of halogens is 3. The van der Waals surface area contributed by atoms with Gasteiger partial charge < -0.3 is 10.1 Å². The van der Waals surface area contributed by atoms with Crippen molar-refractivity contribution in [2.75, 3.05) is 0 Å². The minimum absolute atomic E-state index is 0.516. The number of carboxylic acids is 1. The third kappa shape index (κ3) is 4.38. The van der Waals surface area contributed by atoms with Crippen molar-refractivity contribution in [3.05, 3.63) is 42.0 Å². The Morgan fingerprint density at radius 3 is 2.73 bits per heavy atom. The quantitative estimate of drug-likeness (QED) is 0.741. The Labute approximate surface area is 145 Å². The minimum Gasteiger partial charge on any atom is -0.475 e. The second-order valence-corrected chi connectivity index (χ2v) is 5.22. The van der Waals surface area contributed by atoms with E-state index in [0.717, 1.165) is 34.4 Å². The zero-order chi connectivity index (χ0) is 19.3. The van der Waals surface area contributed by atoms with Crippen LogP contribution in [0.5, 0.6) is 0 Å². The second kappa shape index (κ2) is 7.69. The molecule has 0 aromatic carbocycles. The molecule has 0 aliphatic heterocycles. The van der Waals surface area contributed by atoms with Gasteiger partial charge in [0.05, 0.1) is 17.5 Å². The summed E-state index contributed by atoms with van der Waals surface area (Å²) in [7, 11) is 0. The first-order valence-corrected chi connectivity index (χ1v) is 7.38. The molecule has 0 saturated carbocycles. The van der Waals surface area contributed by atoms with Crippen LogP contribution in [-0.4, -0.2) is 37.0 Å². The molecule has 3 aromatic rings. The summed E-state index contributed by atoms with van der Waals surface area (Å²) in [6.45, 7) is 1.97. The number of aromatic nitrogens is 4. The summed E-state index contributed by atoms with van der Waals surface area (Å²) in [5, 5.41) is 21.4. The van der Waals surface area contributed by atoms with Gasteiger partial charge in [0.2, 0.25) is 0 Å². The van der Waals surface area contributed by atoms with Crippen LogP contribution in [0.1, 0.15) is 17.7 Å². The summed E-state index contributed by atoms with van der Waals surface area (Å²) in [4.78, 5) is 16.3. The topological polar surface area (TPSA) is 108 Å². The molecule has 3 heterocycles. The number of nitrogens with zero attached hydrogens (tertiary/aromatic N) is 4. The Morgan fingerprint density at radius 1 is 1.42 bits per heavy atom. The Kier molecular flexibility index (Phi) is 5.61. The van der Waals surface area contributed by atoms with Crippen LogP contribution in [0.4, 0.5) is 13.2 Å². The number of nitrogens with one attached hydrogen (secondary N) is 1. The molecule has 0 radical (unpaired) electrons. The monoisotopic (exact) mass is 365 g/mol. The van der Waals surface area contributed by atoms with Gasteiger partial charge in [-0.15, -0.1) is 0 Å². The van der Waals surface area contributed by atoms with Crippen LogP contribution in [0.25, 0.3) is 16.7 Å². The fraction of sp³-hybridized carbons (Fsp3) is 0.250. The van der Waals surface area contributed by atoms with Gasteiger partial charge in [-0.1, -0.05) is 0 Å². The lowest BCUT2D eigenvalue weighted by atomic mass is 10.1. The van der Waals surface area contributed by atoms with E-state index in [2.05, 4.69) is 21.1 Å². The van der Waals surface area contributed by atoms with Crippen LogP contribution in [0.3, 0.4) is 0 Å². The van der Waals surface area contributed by atoms with Crippen molar-refractivity contribution in [1.29, 1.82) is 5.26 Å². The SMILES string of the molecule is Cc1nn(-c2ccnc3[nH]ccc23)cc1CCC#N.O=C(O)C(F)(F)F. The van der Waals surface area contributed by atoms with Crippen LogP contribution in [0, 0.1) is 18.3 Å². The molecule has 7 nitrogen and oxygen atoms in total. The smallest absolute Gasteiger partial charge is 0.475 e. The standard InChI is InChI=1S/C14H13N5.C2HF3O2/c1-10-11(3-2-6-15)9-19(18-10)13-5-8-17-14-12(13)4-7-16-14;3-2(4,5)1(6)7/h4-5,7-9H,2-3H2,1H3,(H,16,17);(H,6,7). The summed E-state index contributed by atoms with van der Waals surface area (Å²) >= 11 is 0. The highest BCUT2D eigenvalue weighted by Gasteiger charge is 2.38. The number of hydrogen-bond acceptors (Lipinski definition) is 4. The van der Waals surface area contributed by atoms with Gasteiger partial charge in [-0.25, -0.2) is 14.5 Å². The highest BCUT2D eigenvalue weighted by atomic mass is 19.4. The highest BCUT2D eigenvalue weighted by molar-refractivity contribution is 5.84. The van der Waals surface area contributed by atoms with Crippen molar-refractivity contribution in [2.24, 2.45) is 0 Å². The summed E-state index contributed by atoms with van der Waals surface area (Å²) < 4.78 is 33.6. The molecule has 0 atom stereocenters. The Hall–Kier alpha value is -3.35. The highest BCUT2D eigenvalue weighted by Crippen LogP contribution is 2.20. The third-order valence-corrected chi connectivity index (χ3v) is 3.43. The van der Waals surface area contributed by atoms with Gasteiger partial charge in [0.1, 0.15) is 5.65 Å². The first-order valence-electron chi connectivity index (χ1n) is 7.38. The van der Waals surface area contributed by atoms with E-state index in [1.54, 1.807) is 6.20 Å². The maximum atomic E-state index is 10.6. The van der Waals surface area contributed by atoms with Gasteiger partial charge in [-0.05, 0) is 31.0 Å². The van der Waals surface area contributed by atoms with Gasteiger partial charge in [-0.2, -0.15) is 23.5 Å². The summed E-state index contributed by atoms with van der Waals surface area (Å²) in [5.41, 5.74) is 3.93. The van der Waals surface area contributed by atoms with E-state index in [1.807, 2.05) is 36.1 Å². The molecule has 26 heavy (non-hydrogen) atoms. The summed E-state index contributed by atoms with van der Waals surface area (Å²) in [5.74, 6) is -2.76. The van der Waals surface area contributed by atoms with Crippen LogP contribution in [-0.2, 0) is 11.2 Å². The van der Waals surface area contributed by atoms with E-state index in [9.17, 15) is 13.2 Å². The maximum Gasteiger partial charge on any atom is 0.490 e. The molecule has 0 aliphatic carbocycles. The first-order chi connectivity index (χ1) is 12.2.